The van der Waals surface area contributed by atoms with Crippen molar-refractivity contribution in [2.45, 2.75) is 6.92 Å². The highest BCUT2D eigenvalue weighted by Crippen LogP contribution is 2.19. The SMILES string of the molecule is CCN(C)C(=O)c1ccc(-c2ccccc2)cc1. The molecule has 0 saturated carbocycles. The molecule has 0 aliphatic carbocycles. The van der Waals surface area contributed by atoms with Gasteiger partial charge in [0.2, 0.25) is 0 Å². The summed E-state index contributed by atoms with van der Waals surface area (Å²) < 4.78 is 0. The van der Waals surface area contributed by atoms with Gasteiger partial charge < -0.3 is 4.90 Å². The normalized spacial score (nSPS) is 10.1. The average molecular weight is 239 g/mol. The van der Waals surface area contributed by atoms with Gasteiger partial charge in [0.05, 0.1) is 0 Å². The number of hydrogen-bond acceptors (Lipinski definition) is 1. The van der Waals surface area contributed by atoms with Gasteiger partial charge in [-0.15, -0.1) is 0 Å². The van der Waals surface area contributed by atoms with Crippen molar-refractivity contribution < 1.29 is 4.79 Å². The predicted molar refractivity (Wildman–Crippen MR) is 74.5 cm³/mol. The minimum absolute atomic E-state index is 0.0668. The molecule has 0 spiro atoms. The molecule has 18 heavy (non-hydrogen) atoms. The third-order valence-corrected chi connectivity index (χ3v) is 3.06. The third-order valence-electron chi connectivity index (χ3n) is 3.06. The minimum Gasteiger partial charge on any atom is -0.342 e. The van der Waals surface area contributed by atoms with E-state index in [-0.39, 0.29) is 5.91 Å². The molecule has 0 fully saturated rings. The summed E-state index contributed by atoms with van der Waals surface area (Å²) in [6.45, 7) is 2.69. The van der Waals surface area contributed by atoms with E-state index in [0.29, 0.717) is 0 Å². The lowest BCUT2D eigenvalue weighted by atomic mass is 10.0. The van der Waals surface area contributed by atoms with Gasteiger partial charge in [0.25, 0.3) is 5.91 Å². The van der Waals surface area contributed by atoms with E-state index >= 15 is 0 Å². The zero-order valence-corrected chi connectivity index (χ0v) is 10.8. The van der Waals surface area contributed by atoms with E-state index in [9.17, 15) is 4.79 Å². The maximum absolute atomic E-state index is 11.9. The highest BCUT2D eigenvalue weighted by Gasteiger charge is 2.09. The van der Waals surface area contributed by atoms with Crippen molar-refractivity contribution in [2.75, 3.05) is 13.6 Å². The largest absolute Gasteiger partial charge is 0.342 e. The number of rotatable bonds is 3. The Morgan fingerprint density at radius 3 is 2.06 bits per heavy atom. The number of amides is 1. The van der Waals surface area contributed by atoms with E-state index in [1.165, 1.54) is 5.56 Å². The molecular formula is C16H17NO. The van der Waals surface area contributed by atoms with Crippen LogP contribution in [0.4, 0.5) is 0 Å². The fourth-order valence-corrected chi connectivity index (χ4v) is 1.80. The van der Waals surface area contributed by atoms with Crippen LogP contribution in [-0.4, -0.2) is 24.4 Å². The molecule has 2 nitrogen and oxygen atoms in total. The van der Waals surface area contributed by atoms with Crippen molar-refractivity contribution in [3.63, 3.8) is 0 Å². The molecule has 0 aliphatic rings. The van der Waals surface area contributed by atoms with Crippen LogP contribution in [0.1, 0.15) is 17.3 Å². The van der Waals surface area contributed by atoms with Crippen molar-refractivity contribution in [1.82, 2.24) is 4.90 Å². The third kappa shape index (κ3) is 2.59. The zero-order chi connectivity index (χ0) is 13.0. The lowest BCUT2D eigenvalue weighted by Crippen LogP contribution is -2.26. The van der Waals surface area contributed by atoms with E-state index < -0.39 is 0 Å². The van der Waals surface area contributed by atoms with Crippen molar-refractivity contribution >= 4 is 5.91 Å². The minimum atomic E-state index is 0.0668. The molecule has 1 amide bonds. The van der Waals surface area contributed by atoms with Gasteiger partial charge in [-0.3, -0.25) is 4.79 Å². The van der Waals surface area contributed by atoms with Gasteiger partial charge in [0, 0.05) is 19.2 Å². The molecule has 0 saturated heterocycles. The predicted octanol–water partition coefficient (Wildman–Crippen LogP) is 3.45. The topological polar surface area (TPSA) is 20.3 Å². The summed E-state index contributed by atoms with van der Waals surface area (Å²) in [5, 5.41) is 0. The Bertz CT molecular complexity index is 517. The van der Waals surface area contributed by atoms with E-state index in [4.69, 9.17) is 0 Å². The number of nitrogens with zero attached hydrogens (tertiary/aromatic N) is 1. The number of carbonyl (C=O) groups excluding carboxylic acids is 1. The lowest BCUT2D eigenvalue weighted by Gasteiger charge is -2.14. The van der Waals surface area contributed by atoms with E-state index in [1.54, 1.807) is 4.90 Å². The van der Waals surface area contributed by atoms with Crippen molar-refractivity contribution in [2.24, 2.45) is 0 Å². The molecule has 2 heteroatoms. The van der Waals surface area contributed by atoms with Crippen LogP contribution in [0.5, 0.6) is 0 Å². The Kier molecular flexibility index (Phi) is 3.78. The Hall–Kier alpha value is -2.09. The second-order valence-corrected chi connectivity index (χ2v) is 4.26. The molecule has 2 aromatic carbocycles. The van der Waals surface area contributed by atoms with Gasteiger partial charge in [0.1, 0.15) is 0 Å². The summed E-state index contributed by atoms with van der Waals surface area (Å²) in [5.41, 5.74) is 3.03. The molecule has 0 bridgehead atoms. The van der Waals surface area contributed by atoms with Gasteiger partial charge in [-0.25, -0.2) is 0 Å². The molecule has 0 heterocycles. The molecular weight excluding hydrogens is 222 g/mol. The van der Waals surface area contributed by atoms with Crippen molar-refractivity contribution in [1.29, 1.82) is 0 Å². The maximum atomic E-state index is 11.9. The quantitative estimate of drug-likeness (QED) is 0.803. The van der Waals surface area contributed by atoms with Gasteiger partial charge >= 0.3 is 0 Å². The molecule has 92 valence electrons. The van der Waals surface area contributed by atoms with Gasteiger partial charge in [0.15, 0.2) is 0 Å². The summed E-state index contributed by atoms with van der Waals surface area (Å²) in [6.07, 6.45) is 0. The Labute approximate surface area is 108 Å². The molecule has 0 radical (unpaired) electrons. The van der Waals surface area contributed by atoms with Gasteiger partial charge in [-0.1, -0.05) is 42.5 Å². The van der Waals surface area contributed by atoms with Crippen molar-refractivity contribution in [3.8, 4) is 11.1 Å². The lowest BCUT2D eigenvalue weighted by molar-refractivity contribution is 0.0802. The molecule has 0 atom stereocenters. The first-order valence-electron chi connectivity index (χ1n) is 6.13. The smallest absolute Gasteiger partial charge is 0.253 e. The van der Waals surface area contributed by atoms with Crippen LogP contribution >= 0.6 is 0 Å². The van der Waals surface area contributed by atoms with Crippen LogP contribution in [0.25, 0.3) is 11.1 Å². The first kappa shape index (κ1) is 12.4. The Morgan fingerprint density at radius 2 is 1.50 bits per heavy atom. The first-order chi connectivity index (χ1) is 8.72. The number of hydrogen-bond donors (Lipinski definition) is 0. The fourth-order valence-electron chi connectivity index (χ4n) is 1.80. The second-order valence-electron chi connectivity index (χ2n) is 4.26. The summed E-state index contributed by atoms with van der Waals surface area (Å²) in [7, 11) is 1.81. The van der Waals surface area contributed by atoms with E-state index in [1.807, 2.05) is 56.4 Å². The van der Waals surface area contributed by atoms with Gasteiger partial charge in [-0.2, -0.15) is 0 Å². The van der Waals surface area contributed by atoms with Crippen LogP contribution in [0.3, 0.4) is 0 Å². The first-order valence-corrected chi connectivity index (χ1v) is 6.13. The highest BCUT2D eigenvalue weighted by molar-refractivity contribution is 5.94. The number of carbonyl (C=O) groups is 1. The fraction of sp³-hybridized carbons (Fsp3) is 0.188. The molecule has 0 aromatic heterocycles. The Morgan fingerprint density at radius 1 is 0.944 bits per heavy atom. The second kappa shape index (κ2) is 5.50. The summed E-state index contributed by atoms with van der Waals surface area (Å²) in [6, 6.07) is 17.9. The van der Waals surface area contributed by atoms with Crippen LogP contribution in [-0.2, 0) is 0 Å². The molecule has 2 rings (SSSR count). The van der Waals surface area contributed by atoms with Crippen LogP contribution in [0.15, 0.2) is 54.6 Å². The molecule has 0 unspecified atom stereocenters. The van der Waals surface area contributed by atoms with E-state index in [0.717, 1.165) is 17.7 Å². The van der Waals surface area contributed by atoms with Crippen LogP contribution in [0, 0.1) is 0 Å². The van der Waals surface area contributed by atoms with Gasteiger partial charge in [-0.05, 0) is 30.2 Å². The van der Waals surface area contributed by atoms with E-state index in [2.05, 4.69) is 12.1 Å². The molecule has 0 N–H and O–H groups in total. The standard InChI is InChI=1S/C16H17NO/c1-3-17(2)16(18)15-11-9-14(10-12-15)13-7-5-4-6-8-13/h4-12H,3H2,1-2H3. The summed E-state index contributed by atoms with van der Waals surface area (Å²) in [5.74, 6) is 0.0668. The number of benzene rings is 2. The molecule has 0 aliphatic heterocycles. The zero-order valence-electron chi connectivity index (χ0n) is 10.8. The van der Waals surface area contributed by atoms with Crippen molar-refractivity contribution in [3.05, 3.63) is 60.2 Å². The Balaban J connectivity index is 2.23. The van der Waals surface area contributed by atoms with Crippen LogP contribution < -0.4 is 0 Å². The average Bonchev–Trinajstić information content (AvgIpc) is 2.47. The highest BCUT2D eigenvalue weighted by atomic mass is 16.2. The molecule has 2 aromatic rings. The van der Waals surface area contributed by atoms with Crippen LogP contribution in [0.2, 0.25) is 0 Å². The monoisotopic (exact) mass is 239 g/mol. The maximum Gasteiger partial charge on any atom is 0.253 e. The summed E-state index contributed by atoms with van der Waals surface area (Å²) in [4.78, 5) is 13.7. The summed E-state index contributed by atoms with van der Waals surface area (Å²) >= 11 is 0.